The number of aromatic nitrogens is 2. The first-order chi connectivity index (χ1) is 12.1. The highest BCUT2D eigenvalue weighted by Crippen LogP contribution is 2.42. The number of rotatable bonds is 2. The number of thiazole rings is 1. The van der Waals surface area contributed by atoms with E-state index in [0.29, 0.717) is 10.9 Å². The average Bonchev–Trinajstić information content (AvgIpc) is 3.13. The van der Waals surface area contributed by atoms with Gasteiger partial charge in [0.1, 0.15) is 10.7 Å². The Morgan fingerprint density at radius 1 is 1.12 bits per heavy atom. The van der Waals surface area contributed by atoms with Gasteiger partial charge in [0, 0.05) is 27.8 Å². The maximum absolute atomic E-state index is 13.2. The number of amides is 1. The van der Waals surface area contributed by atoms with Crippen molar-refractivity contribution in [3.8, 4) is 10.7 Å². The summed E-state index contributed by atoms with van der Waals surface area (Å²) in [7, 11) is 0. The van der Waals surface area contributed by atoms with Crippen LogP contribution in [0.2, 0.25) is 0 Å². The van der Waals surface area contributed by atoms with Crippen LogP contribution >= 0.6 is 23.1 Å². The monoisotopic (exact) mass is 367 g/mol. The van der Waals surface area contributed by atoms with E-state index in [2.05, 4.69) is 29.9 Å². The Morgan fingerprint density at radius 2 is 1.92 bits per heavy atom. The van der Waals surface area contributed by atoms with Crippen molar-refractivity contribution in [2.75, 3.05) is 4.90 Å². The van der Waals surface area contributed by atoms with Crippen LogP contribution < -0.4 is 4.90 Å². The number of nitrogens with zero attached hydrogens (tertiary/aromatic N) is 3. The summed E-state index contributed by atoms with van der Waals surface area (Å²) in [6, 6.07) is 13.9. The molecule has 0 bridgehead atoms. The number of thioether (sulfide) groups is 1. The smallest absolute Gasteiger partial charge is 0.278 e. The summed E-state index contributed by atoms with van der Waals surface area (Å²) >= 11 is 3.27. The van der Waals surface area contributed by atoms with E-state index in [-0.39, 0.29) is 11.9 Å². The molecule has 0 saturated carbocycles. The molecule has 6 heteroatoms. The number of hydrogen-bond donors (Lipinski definition) is 0. The molecular formula is C19H17N3OS2. The van der Waals surface area contributed by atoms with Gasteiger partial charge in [0.05, 0.1) is 11.4 Å². The Kier molecular flexibility index (Phi) is 4.31. The van der Waals surface area contributed by atoms with E-state index in [1.807, 2.05) is 58.4 Å². The van der Waals surface area contributed by atoms with E-state index in [1.165, 1.54) is 11.3 Å². The van der Waals surface area contributed by atoms with E-state index in [0.717, 1.165) is 21.3 Å². The molecule has 3 aromatic rings. The molecule has 1 aliphatic heterocycles. The van der Waals surface area contributed by atoms with Gasteiger partial charge in [-0.05, 0) is 31.2 Å². The van der Waals surface area contributed by atoms with Gasteiger partial charge in [0.2, 0.25) is 0 Å². The van der Waals surface area contributed by atoms with Crippen molar-refractivity contribution in [1.29, 1.82) is 0 Å². The van der Waals surface area contributed by atoms with Crippen LogP contribution in [-0.4, -0.2) is 27.2 Å². The molecule has 0 unspecified atom stereocenters. The molecule has 2 atom stereocenters. The van der Waals surface area contributed by atoms with Gasteiger partial charge in [-0.2, -0.15) is 0 Å². The highest BCUT2D eigenvalue weighted by molar-refractivity contribution is 8.00. The lowest BCUT2D eigenvalue weighted by molar-refractivity contribution is 0.0973. The first-order valence-electron chi connectivity index (χ1n) is 8.11. The molecule has 0 aliphatic carbocycles. The quantitative estimate of drug-likeness (QED) is 0.657. The second-order valence-corrected chi connectivity index (χ2v) is 8.24. The van der Waals surface area contributed by atoms with Crippen molar-refractivity contribution < 1.29 is 4.79 Å². The fraction of sp³-hybridized carbons (Fsp3) is 0.211. The van der Waals surface area contributed by atoms with Gasteiger partial charge in [-0.3, -0.25) is 9.78 Å². The van der Waals surface area contributed by atoms with E-state index in [9.17, 15) is 4.79 Å². The molecule has 25 heavy (non-hydrogen) atoms. The highest BCUT2D eigenvalue weighted by atomic mass is 32.2. The highest BCUT2D eigenvalue weighted by Gasteiger charge is 2.34. The van der Waals surface area contributed by atoms with E-state index in [1.54, 1.807) is 6.20 Å². The van der Waals surface area contributed by atoms with E-state index >= 15 is 0 Å². The minimum atomic E-state index is -0.0504. The fourth-order valence-electron chi connectivity index (χ4n) is 2.88. The van der Waals surface area contributed by atoms with Crippen molar-refractivity contribution in [2.24, 2.45) is 0 Å². The van der Waals surface area contributed by atoms with E-state index in [4.69, 9.17) is 0 Å². The predicted octanol–water partition coefficient (Wildman–Crippen LogP) is 4.73. The van der Waals surface area contributed by atoms with Gasteiger partial charge in [0.25, 0.3) is 5.91 Å². The molecule has 2 aromatic heterocycles. The first kappa shape index (κ1) is 16.3. The Hall–Kier alpha value is -2.18. The number of anilines is 1. The number of pyridine rings is 1. The van der Waals surface area contributed by atoms with E-state index < -0.39 is 0 Å². The molecule has 0 fully saturated rings. The van der Waals surface area contributed by atoms with Gasteiger partial charge < -0.3 is 4.90 Å². The van der Waals surface area contributed by atoms with Crippen LogP contribution in [0.4, 0.5) is 5.69 Å². The number of para-hydroxylation sites is 1. The zero-order valence-electron chi connectivity index (χ0n) is 13.9. The molecule has 0 spiro atoms. The average molecular weight is 367 g/mol. The minimum Gasteiger partial charge on any atom is -0.302 e. The third kappa shape index (κ3) is 2.96. The van der Waals surface area contributed by atoms with Gasteiger partial charge in [-0.15, -0.1) is 23.1 Å². The van der Waals surface area contributed by atoms with Crippen LogP contribution in [0.25, 0.3) is 10.7 Å². The number of carbonyl (C=O) groups excluding carboxylic acids is 1. The largest absolute Gasteiger partial charge is 0.302 e. The Bertz CT molecular complexity index is 910. The van der Waals surface area contributed by atoms with Crippen molar-refractivity contribution in [3.63, 3.8) is 0 Å². The lowest BCUT2D eigenvalue weighted by Crippen LogP contribution is -2.46. The third-order valence-electron chi connectivity index (χ3n) is 4.35. The van der Waals surface area contributed by atoms with Gasteiger partial charge in [-0.25, -0.2) is 4.98 Å². The second kappa shape index (κ2) is 6.61. The maximum atomic E-state index is 13.2. The minimum absolute atomic E-state index is 0.0504. The lowest BCUT2D eigenvalue weighted by Gasteiger charge is -2.38. The summed E-state index contributed by atoms with van der Waals surface area (Å²) in [6.07, 6.45) is 1.74. The van der Waals surface area contributed by atoms with Crippen molar-refractivity contribution in [3.05, 3.63) is 59.7 Å². The first-order valence-corrected chi connectivity index (χ1v) is 9.87. The molecule has 126 valence electrons. The topological polar surface area (TPSA) is 46.1 Å². The van der Waals surface area contributed by atoms with Crippen molar-refractivity contribution >= 4 is 34.7 Å². The molecule has 0 N–H and O–H groups in total. The summed E-state index contributed by atoms with van der Waals surface area (Å²) in [5.41, 5.74) is 2.24. The molecular weight excluding hydrogens is 350 g/mol. The summed E-state index contributed by atoms with van der Waals surface area (Å²) in [5.74, 6) is -0.0504. The Morgan fingerprint density at radius 3 is 2.72 bits per heavy atom. The molecule has 1 aliphatic rings. The zero-order valence-corrected chi connectivity index (χ0v) is 15.6. The molecule has 0 saturated heterocycles. The molecule has 4 nitrogen and oxygen atoms in total. The van der Waals surface area contributed by atoms with Crippen molar-refractivity contribution in [1.82, 2.24) is 9.97 Å². The molecule has 1 aromatic carbocycles. The third-order valence-corrected chi connectivity index (χ3v) is 6.58. The predicted molar refractivity (Wildman–Crippen MR) is 103 cm³/mol. The van der Waals surface area contributed by atoms with Crippen molar-refractivity contribution in [2.45, 2.75) is 30.0 Å². The standard InChI is InChI=1S/C19H17N3OS2/c1-12-13(2)25-17-9-4-3-8-16(17)22(12)19(23)15-11-24-18(21-15)14-7-5-6-10-20-14/h3-13H,1-2H3/t12-,13+/m0/s1. The summed E-state index contributed by atoms with van der Waals surface area (Å²) in [4.78, 5) is 25.1. The molecule has 3 heterocycles. The summed E-state index contributed by atoms with van der Waals surface area (Å²) in [6.45, 7) is 4.25. The van der Waals surface area contributed by atoms with Gasteiger partial charge in [0.15, 0.2) is 0 Å². The molecule has 4 rings (SSSR count). The Balaban J connectivity index is 1.70. The van der Waals surface area contributed by atoms with Crippen LogP contribution in [0.1, 0.15) is 24.3 Å². The fourth-order valence-corrected chi connectivity index (χ4v) is 4.81. The lowest BCUT2D eigenvalue weighted by atomic mass is 10.1. The second-order valence-electron chi connectivity index (χ2n) is 5.96. The van der Waals surface area contributed by atoms with Crippen LogP contribution in [0.3, 0.4) is 0 Å². The maximum Gasteiger partial charge on any atom is 0.278 e. The summed E-state index contributed by atoms with van der Waals surface area (Å²) < 4.78 is 0. The van der Waals surface area contributed by atoms with Crippen LogP contribution in [-0.2, 0) is 0 Å². The van der Waals surface area contributed by atoms with Gasteiger partial charge in [-0.1, -0.05) is 25.1 Å². The SMILES string of the molecule is C[C@H]1Sc2ccccc2N(C(=O)c2csc(-c3ccccn3)n2)[C@H]1C. The Labute approximate surface area is 154 Å². The normalized spacial score (nSPS) is 19.5. The molecule has 1 amide bonds. The number of carbonyl (C=O) groups is 1. The van der Waals surface area contributed by atoms with Crippen LogP contribution in [0.5, 0.6) is 0 Å². The van der Waals surface area contributed by atoms with Crippen LogP contribution in [0.15, 0.2) is 58.9 Å². The molecule has 0 radical (unpaired) electrons. The van der Waals surface area contributed by atoms with Gasteiger partial charge >= 0.3 is 0 Å². The number of fused-ring (bicyclic) bond motifs is 1. The number of benzene rings is 1. The van der Waals surface area contributed by atoms with Crippen LogP contribution in [0, 0.1) is 0 Å². The number of hydrogen-bond acceptors (Lipinski definition) is 5. The summed E-state index contributed by atoms with van der Waals surface area (Å²) in [5, 5.41) is 2.92. The zero-order chi connectivity index (χ0) is 17.4.